The quantitative estimate of drug-likeness (QED) is 0.869. The van der Waals surface area contributed by atoms with E-state index in [2.05, 4.69) is 41.4 Å². The number of nitrogens with zero attached hydrogens (tertiary/aromatic N) is 1. The fourth-order valence-electron chi connectivity index (χ4n) is 3.29. The number of carbonyl (C=O) groups excluding carboxylic acids is 1. The lowest BCUT2D eigenvalue weighted by molar-refractivity contribution is -0.120. The molecule has 1 amide bonds. The van der Waals surface area contributed by atoms with Crippen LogP contribution in [0.5, 0.6) is 0 Å². The topological polar surface area (TPSA) is 32.3 Å². The first kappa shape index (κ1) is 17.7. The molecule has 1 saturated heterocycles. The first-order valence-corrected chi connectivity index (χ1v) is 9.31. The van der Waals surface area contributed by atoms with Crippen LogP contribution in [0.25, 0.3) is 0 Å². The highest BCUT2D eigenvalue weighted by Gasteiger charge is 2.10. The predicted octanol–water partition coefficient (Wildman–Crippen LogP) is 3.84. The van der Waals surface area contributed by atoms with E-state index in [0.29, 0.717) is 13.0 Å². The zero-order valence-corrected chi connectivity index (χ0v) is 15.1. The maximum Gasteiger partial charge on any atom is 0.224 e. The van der Waals surface area contributed by atoms with Crippen LogP contribution in [0, 0.1) is 6.92 Å². The molecular formula is C22H28N2O. The van der Waals surface area contributed by atoms with Gasteiger partial charge in [-0.05, 0) is 49.5 Å². The summed E-state index contributed by atoms with van der Waals surface area (Å²) in [6.07, 6.45) is 4.46. The van der Waals surface area contributed by atoms with Crippen LogP contribution in [0.15, 0.2) is 48.5 Å². The maximum absolute atomic E-state index is 12.1. The largest absolute Gasteiger partial charge is 0.352 e. The molecular weight excluding hydrogens is 308 g/mol. The molecule has 1 heterocycles. The van der Waals surface area contributed by atoms with E-state index >= 15 is 0 Å². The molecule has 0 spiro atoms. The predicted molar refractivity (Wildman–Crippen MR) is 102 cm³/mol. The number of benzene rings is 2. The first-order valence-electron chi connectivity index (χ1n) is 9.31. The maximum atomic E-state index is 12.1. The van der Waals surface area contributed by atoms with Crippen molar-refractivity contribution < 1.29 is 4.79 Å². The summed E-state index contributed by atoms with van der Waals surface area (Å²) in [6.45, 7) is 6.13. The van der Waals surface area contributed by atoms with Crippen LogP contribution < -0.4 is 5.32 Å². The van der Waals surface area contributed by atoms with Crippen molar-refractivity contribution in [3.63, 3.8) is 0 Å². The normalized spacial score (nSPS) is 15.1. The molecule has 2 aromatic rings. The van der Waals surface area contributed by atoms with Crippen LogP contribution in [0.3, 0.4) is 0 Å². The molecule has 0 atom stereocenters. The Hall–Kier alpha value is -2.13. The summed E-state index contributed by atoms with van der Waals surface area (Å²) in [7, 11) is 0. The fraction of sp³-hybridized carbons (Fsp3) is 0.409. The summed E-state index contributed by atoms with van der Waals surface area (Å²) in [4.78, 5) is 14.6. The van der Waals surface area contributed by atoms with Crippen molar-refractivity contribution in [1.29, 1.82) is 0 Å². The number of amides is 1. The van der Waals surface area contributed by atoms with Crippen LogP contribution >= 0.6 is 0 Å². The molecule has 132 valence electrons. The van der Waals surface area contributed by atoms with Crippen molar-refractivity contribution in [2.75, 3.05) is 13.1 Å². The summed E-state index contributed by atoms with van der Waals surface area (Å²) in [5.41, 5.74) is 4.78. The van der Waals surface area contributed by atoms with Gasteiger partial charge < -0.3 is 5.32 Å². The van der Waals surface area contributed by atoms with Crippen LogP contribution in [0.4, 0.5) is 0 Å². The van der Waals surface area contributed by atoms with E-state index in [1.807, 2.05) is 24.3 Å². The van der Waals surface area contributed by atoms with Crippen LogP contribution in [-0.2, 0) is 24.3 Å². The van der Waals surface area contributed by atoms with Crippen molar-refractivity contribution >= 4 is 5.91 Å². The number of aryl methyl sites for hydroxylation is 1. The SMILES string of the molecule is Cc1ccc(CC(=O)NCc2ccc(CN3CCCCC3)cc2)cc1. The van der Waals surface area contributed by atoms with Gasteiger partial charge in [-0.15, -0.1) is 0 Å². The first-order chi connectivity index (χ1) is 12.2. The third-order valence-electron chi connectivity index (χ3n) is 4.85. The third kappa shape index (κ3) is 5.71. The van der Waals surface area contributed by atoms with E-state index in [9.17, 15) is 4.79 Å². The smallest absolute Gasteiger partial charge is 0.224 e. The molecule has 3 rings (SSSR count). The molecule has 0 radical (unpaired) electrons. The van der Waals surface area contributed by atoms with Gasteiger partial charge in [0.25, 0.3) is 0 Å². The van der Waals surface area contributed by atoms with Gasteiger partial charge in [0.15, 0.2) is 0 Å². The zero-order chi connectivity index (χ0) is 17.5. The summed E-state index contributed by atoms with van der Waals surface area (Å²) in [6, 6.07) is 16.8. The van der Waals surface area contributed by atoms with E-state index in [0.717, 1.165) is 17.7 Å². The van der Waals surface area contributed by atoms with Crippen LogP contribution in [-0.4, -0.2) is 23.9 Å². The Balaban J connectivity index is 1.44. The standard InChI is InChI=1S/C22H28N2O/c1-18-5-7-19(8-6-18)15-22(25)23-16-20-9-11-21(12-10-20)17-24-13-3-2-4-14-24/h5-12H,2-4,13-17H2,1H3,(H,23,25). The van der Waals surface area contributed by atoms with Gasteiger partial charge in [-0.25, -0.2) is 0 Å². The summed E-state index contributed by atoms with van der Waals surface area (Å²) < 4.78 is 0. The van der Waals surface area contributed by atoms with Gasteiger partial charge in [0.2, 0.25) is 5.91 Å². The Kier molecular flexibility index (Phi) is 6.24. The molecule has 3 heteroatoms. The molecule has 0 unspecified atom stereocenters. The highest BCUT2D eigenvalue weighted by atomic mass is 16.1. The van der Waals surface area contributed by atoms with Gasteiger partial charge >= 0.3 is 0 Å². The van der Waals surface area contributed by atoms with Gasteiger partial charge in [0.05, 0.1) is 6.42 Å². The van der Waals surface area contributed by atoms with Gasteiger partial charge in [0.1, 0.15) is 0 Å². The number of nitrogens with one attached hydrogen (secondary N) is 1. The Bertz CT molecular complexity index is 670. The minimum Gasteiger partial charge on any atom is -0.352 e. The molecule has 1 aliphatic rings. The number of carbonyl (C=O) groups is 1. The molecule has 1 N–H and O–H groups in total. The molecule has 1 aliphatic heterocycles. The Morgan fingerprint density at radius 3 is 2.16 bits per heavy atom. The van der Waals surface area contributed by atoms with Gasteiger partial charge in [-0.3, -0.25) is 9.69 Å². The lowest BCUT2D eigenvalue weighted by Crippen LogP contribution is -2.29. The molecule has 25 heavy (non-hydrogen) atoms. The lowest BCUT2D eigenvalue weighted by Gasteiger charge is -2.26. The summed E-state index contributed by atoms with van der Waals surface area (Å²) in [5, 5.41) is 3.01. The minimum absolute atomic E-state index is 0.0706. The van der Waals surface area contributed by atoms with Gasteiger partial charge in [-0.2, -0.15) is 0 Å². The van der Waals surface area contributed by atoms with E-state index in [1.165, 1.54) is 43.5 Å². The monoisotopic (exact) mass is 336 g/mol. The summed E-state index contributed by atoms with van der Waals surface area (Å²) >= 11 is 0. The van der Waals surface area contributed by atoms with E-state index < -0.39 is 0 Å². The number of hydrogen-bond acceptors (Lipinski definition) is 2. The molecule has 0 bridgehead atoms. The average molecular weight is 336 g/mol. The number of rotatable bonds is 6. The second kappa shape index (κ2) is 8.82. The summed E-state index contributed by atoms with van der Waals surface area (Å²) in [5.74, 6) is 0.0706. The number of likely N-dealkylation sites (tertiary alicyclic amines) is 1. The third-order valence-corrected chi connectivity index (χ3v) is 4.85. The van der Waals surface area contributed by atoms with E-state index in [1.54, 1.807) is 0 Å². The number of piperidine rings is 1. The second-order valence-electron chi connectivity index (χ2n) is 7.09. The van der Waals surface area contributed by atoms with Crippen molar-refractivity contribution in [3.8, 4) is 0 Å². The second-order valence-corrected chi connectivity index (χ2v) is 7.09. The molecule has 1 fully saturated rings. The fourth-order valence-corrected chi connectivity index (χ4v) is 3.29. The molecule has 0 saturated carbocycles. The van der Waals surface area contributed by atoms with Crippen molar-refractivity contribution in [2.24, 2.45) is 0 Å². The minimum atomic E-state index is 0.0706. The van der Waals surface area contributed by atoms with Crippen molar-refractivity contribution in [1.82, 2.24) is 10.2 Å². The number of hydrogen-bond donors (Lipinski definition) is 1. The van der Waals surface area contributed by atoms with Crippen LogP contribution in [0.2, 0.25) is 0 Å². The van der Waals surface area contributed by atoms with Crippen molar-refractivity contribution in [3.05, 3.63) is 70.8 Å². The van der Waals surface area contributed by atoms with Gasteiger partial charge in [-0.1, -0.05) is 60.5 Å². The van der Waals surface area contributed by atoms with Gasteiger partial charge in [0, 0.05) is 13.1 Å². The Morgan fingerprint density at radius 1 is 0.880 bits per heavy atom. The van der Waals surface area contributed by atoms with Crippen LogP contribution in [0.1, 0.15) is 41.5 Å². The van der Waals surface area contributed by atoms with E-state index in [-0.39, 0.29) is 5.91 Å². The molecule has 0 aliphatic carbocycles. The Labute approximate surface area is 151 Å². The average Bonchev–Trinajstić information content (AvgIpc) is 2.64. The zero-order valence-electron chi connectivity index (χ0n) is 15.1. The highest BCUT2D eigenvalue weighted by molar-refractivity contribution is 5.78. The highest BCUT2D eigenvalue weighted by Crippen LogP contribution is 2.13. The van der Waals surface area contributed by atoms with E-state index in [4.69, 9.17) is 0 Å². The Morgan fingerprint density at radius 2 is 1.48 bits per heavy atom. The van der Waals surface area contributed by atoms with Crippen molar-refractivity contribution in [2.45, 2.75) is 45.7 Å². The molecule has 2 aromatic carbocycles. The molecule has 3 nitrogen and oxygen atoms in total. The molecule has 0 aromatic heterocycles. The lowest BCUT2D eigenvalue weighted by atomic mass is 10.1.